The monoisotopic (exact) mass is 417 g/mol. The maximum atomic E-state index is 12.5. The van der Waals surface area contributed by atoms with Gasteiger partial charge in [-0.3, -0.25) is 4.79 Å². The Bertz CT molecular complexity index is 1100. The smallest absolute Gasteiger partial charge is 0.223 e. The van der Waals surface area contributed by atoms with Crippen LogP contribution in [0.1, 0.15) is 55.0 Å². The molecule has 0 spiro atoms. The van der Waals surface area contributed by atoms with E-state index in [1.165, 1.54) is 16.6 Å². The molecular formula is C26H31N3O2. The van der Waals surface area contributed by atoms with E-state index in [0.717, 1.165) is 55.9 Å². The summed E-state index contributed by atoms with van der Waals surface area (Å²) >= 11 is 0. The van der Waals surface area contributed by atoms with Gasteiger partial charge < -0.3 is 14.2 Å². The summed E-state index contributed by atoms with van der Waals surface area (Å²) in [5.74, 6) is 2.56. The number of likely N-dealkylation sites (tertiary alicyclic amines) is 1. The third kappa shape index (κ3) is 4.18. The molecule has 31 heavy (non-hydrogen) atoms. The van der Waals surface area contributed by atoms with Crippen LogP contribution in [0.2, 0.25) is 0 Å². The zero-order valence-corrected chi connectivity index (χ0v) is 18.5. The average Bonchev–Trinajstić information content (AvgIpc) is 3.44. The number of aryl methyl sites for hydroxylation is 3. The van der Waals surface area contributed by atoms with Gasteiger partial charge in [0, 0.05) is 31.5 Å². The number of imidazole rings is 1. The van der Waals surface area contributed by atoms with Crippen LogP contribution in [0.3, 0.4) is 0 Å². The van der Waals surface area contributed by atoms with Gasteiger partial charge in [-0.05, 0) is 68.9 Å². The van der Waals surface area contributed by atoms with Crippen molar-refractivity contribution < 1.29 is 9.53 Å². The Morgan fingerprint density at radius 1 is 1.10 bits per heavy atom. The summed E-state index contributed by atoms with van der Waals surface area (Å²) in [6.07, 6.45) is 4.92. The number of carbonyl (C=O) groups is 1. The van der Waals surface area contributed by atoms with Gasteiger partial charge in [-0.1, -0.05) is 24.3 Å². The Balaban J connectivity index is 1.26. The fraction of sp³-hybridized carbons (Fsp3) is 0.462. The van der Waals surface area contributed by atoms with Crippen LogP contribution in [0.5, 0.6) is 5.75 Å². The Hall–Kier alpha value is -2.82. The maximum absolute atomic E-state index is 12.5. The topological polar surface area (TPSA) is 47.4 Å². The second-order valence-electron chi connectivity index (χ2n) is 9.11. The van der Waals surface area contributed by atoms with E-state index >= 15 is 0 Å². The molecule has 1 amide bonds. The summed E-state index contributed by atoms with van der Waals surface area (Å²) in [6, 6.07) is 15.2. The quantitative estimate of drug-likeness (QED) is 0.485. The van der Waals surface area contributed by atoms with Crippen LogP contribution in [-0.2, 0) is 11.3 Å². The summed E-state index contributed by atoms with van der Waals surface area (Å²) < 4.78 is 8.39. The summed E-state index contributed by atoms with van der Waals surface area (Å²) in [4.78, 5) is 19.6. The van der Waals surface area contributed by atoms with Crippen molar-refractivity contribution in [3.63, 3.8) is 0 Å². The molecule has 1 aliphatic heterocycles. The second-order valence-corrected chi connectivity index (χ2v) is 9.11. The fourth-order valence-electron chi connectivity index (χ4n) is 4.70. The summed E-state index contributed by atoms with van der Waals surface area (Å²) in [5.41, 5.74) is 4.60. The fourth-order valence-corrected chi connectivity index (χ4v) is 4.70. The van der Waals surface area contributed by atoms with Crippen LogP contribution in [0.4, 0.5) is 0 Å². The number of aromatic nitrogens is 2. The minimum absolute atomic E-state index is 0.201. The number of nitrogens with zero attached hydrogens (tertiary/aromatic N) is 3. The van der Waals surface area contributed by atoms with Crippen molar-refractivity contribution in [2.45, 2.75) is 64.5 Å². The normalized spacial score (nSPS) is 18.8. The highest BCUT2D eigenvalue weighted by molar-refractivity contribution is 5.81. The number of carbonyl (C=O) groups excluding carboxylic acids is 1. The van der Waals surface area contributed by atoms with E-state index in [-0.39, 0.29) is 5.92 Å². The lowest BCUT2D eigenvalue weighted by Gasteiger charge is -2.16. The van der Waals surface area contributed by atoms with Crippen LogP contribution in [0, 0.1) is 13.8 Å². The van der Waals surface area contributed by atoms with E-state index in [0.29, 0.717) is 25.0 Å². The van der Waals surface area contributed by atoms with Gasteiger partial charge in [0.15, 0.2) is 0 Å². The molecular weight excluding hydrogens is 386 g/mol. The van der Waals surface area contributed by atoms with Crippen LogP contribution in [-0.4, -0.2) is 39.6 Å². The molecule has 1 unspecified atom stereocenters. The lowest BCUT2D eigenvalue weighted by Crippen LogP contribution is -2.27. The Morgan fingerprint density at radius 2 is 1.94 bits per heavy atom. The maximum Gasteiger partial charge on any atom is 0.223 e. The molecule has 0 bridgehead atoms. The number of ether oxygens (including phenoxy) is 1. The number of hydrogen-bond acceptors (Lipinski definition) is 3. The molecule has 3 aromatic rings. The SMILES string of the molecule is Cc1ccc(C)c(OCCCCn2c(C3CC(=O)N(C4CC4)C3)nc3ccccc32)c1. The number of para-hydroxylation sites is 2. The van der Waals surface area contributed by atoms with Crippen molar-refractivity contribution in [3.8, 4) is 5.75 Å². The molecule has 2 aromatic carbocycles. The molecule has 0 N–H and O–H groups in total. The van der Waals surface area contributed by atoms with Crippen LogP contribution < -0.4 is 4.74 Å². The zero-order valence-electron chi connectivity index (χ0n) is 18.5. The Labute approximate surface area is 184 Å². The number of rotatable bonds is 8. The van der Waals surface area contributed by atoms with Crippen LogP contribution >= 0.6 is 0 Å². The number of unbranched alkanes of at least 4 members (excludes halogenated alkanes) is 1. The summed E-state index contributed by atoms with van der Waals surface area (Å²) in [5, 5.41) is 0. The summed E-state index contributed by atoms with van der Waals surface area (Å²) in [7, 11) is 0. The zero-order chi connectivity index (χ0) is 21.4. The molecule has 1 atom stereocenters. The lowest BCUT2D eigenvalue weighted by molar-refractivity contribution is -0.128. The first kappa shape index (κ1) is 20.1. The van der Waals surface area contributed by atoms with Crippen molar-refractivity contribution in [1.82, 2.24) is 14.5 Å². The molecule has 162 valence electrons. The third-order valence-corrected chi connectivity index (χ3v) is 6.57. The Kier molecular flexibility index (Phi) is 5.43. The first-order chi connectivity index (χ1) is 15.1. The lowest BCUT2D eigenvalue weighted by atomic mass is 10.1. The molecule has 0 radical (unpaired) electrons. The van der Waals surface area contributed by atoms with Crippen molar-refractivity contribution in [2.75, 3.05) is 13.2 Å². The highest BCUT2D eigenvalue weighted by atomic mass is 16.5. The van der Waals surface area contributed by atoms with Crippen LogP contribution in [0.25, 0.3) is 11.0 Å². The van der Waals surface area contributed by atoms with E-state index in [9.17, 15) is 4.79 Å². The molecule has 2 heterocycles. The first-order valence-corrected chi connectivity index (χ1v) is 11.5. The number of fused-ring (bicyclic) bond motifs is 1. The van der Waals surface area contributed by atoms with Gasteiger partial charge in [0.25, 0.3) is 0 Å². The predicted molar refractivity (Wildman–Crippen MR) is 122 cm³/mol. The number of benzene rings is 2. The van der Waals surface area contributed by atoms with Crippen molar-refractivity contribution in [1.29, 1.82) is 0 Å². The largest absolute Gasteiger partial charge is 0.493 e. The molecule has 5 rings (SSSR count). The van der Waals surface area contributed by atoms with Crippen molar-refractivity contribution >= 4 is 16.9 Å². The van der Waals surface area contributed by atoms with E-state index in [1.807, 2.05) is 6.07 Å². The van der Waals surface area contributed by atoms with Crippen molar-refractivity contribution in [2.24, 2.45) is 0 Å². The molecule has 1 aliphatic carbocycles. The summed E-state index contributed by atoms with van der Waals surface area (Å²) in [6.45, 7) is 6.62. The standard InChI is InChI=1S/C26H31N3O2/c1-18-9-10-19(2)24(15-18)31-14-6-5-13-28-23-8-4-3-7-22(23)27-26(28)20-16-25(30)29(17-20)21-11-12-21/h3-4,7-10,15,20-21H,5-6,11-14,16-17H2,1-2H3. The van der Waals surface area contributed by atoms with Gasteiger partial charge >= 0.3 is 0 Å². The van der Waals surface area contributed by atoms with Crippen molar-refractivity contribution in [3.05, 3.63) is 59.4 Å². The molecule has 1 saturated carbocycles. The Morgan fingerprint density at radius 3 is 2.77 bits per heavy atom. The van der Waals surface area contributed by atoms with Gasteiger partial charge in [0.1, 0.15) is 11.6 Å². The van der Waals surface area contributed by atoms with Gasteiger partial charge in [-0.25, -0.2) is 4.98 Å². The highest BCUT2D eigenvalue weighted by Crippen LogP contribution is 2.37. The molecule has 2 aliphatic rings. The number of amides is 1. The average molecular weight is 418 g/mol. The first-order valence-electron chi connectivity index (χ1n) is 11.5. The van der Waals surface area contributed by atoms with Gasteiger partial charge in [0.05, 0.1) is 17.6 Å². The van der Waals surface area contributed by atoms with E-state index in [4.69, 9.17) is 9.72 Å². The van der Waals surface area contributed by atoms with E-state index < -0.39 is 0 Å². The molecule has 5 heteroatoms. The highest BCUT2D eigenvalue weighted by Gasteiger charge is 2.41. The number of hydrogen-bond donors (Lipinski definition) is 0. The minimum Gasteiger partial charge on any atom is -0.493 e. The molecule has 1 saturated heterocycles. The van der Waals surface area contributed by atoms with E-state index in [1.54, 1.807) is 0 Å². The second kappa shape index (κ2) is 8.37. The van der Waals surface area contributed by atoms with Gasteiger partial charge in [0.2, 0.25) is 5.91 Å². The van der Waals surface area contributed by atoms with Gasteiger partial charge in [-0.2, -0.15) is 0 Å². The van der Waals surface area contributed by atoms with Gasteiger partial charge in [-0.15, -0.1) is 0 Å². The molecule has 5 nitrogen and oxygen atoms in total. The van der Waals surface area contributed by atoms with E-state index in [2.05, 4.69) is 59.7 Å². The third-order valence-electron chi connectivity index (χ3n) is 6.57. The molecule has 1 aromatic heterocycles. The minimum atomic E-state index is 0.201. The predicted octanol–water partition coefficient (Wildman–Crippen LogP) is 4.99. The molecule has 2 fully saturated rings. The van der Waals surface area contributed by atoms with Crippen LogP contribution in [0.15, 0.2) is 42.5 Å².